The summed E-state index contributed by atoms with van der Waals surface area (Å²) in [5.74, 6) is 0. The van der Waals surface area contributed by atoms with Crippen LogP contribution in [0.1, 0.15) is 0 Å². The summed E-state index contributed by atoms with van der Waals surface area (Å²) in [5.41, 5.74) is 8.42. The summed E-state index contributed by atoms with van der Waals surface area (Å²) in [6.45, 7) is 0. The maximum Gasteiger partial charge on any atom is 0.0956 e. The van der Waals surface area contributed by atoms with E-state index >= 15 is 0 Å². The first-order valence-corrected chi connectivity index (χ1v) is 4.76. The number of hydrogen-bond acceptors (Lipinski definition) is 3. The molecule has 0 bridgehead atoms. The van der Waals surface area contributed by atoms with Crippen molar-refractivity contribution in [3.05, 3.63) is 42.5 Å². The predicted molar refractivity (Wildman–Crippen MR) is 61.5 cm³/mol. The van der Waals surface area contributed by atoms with Crippen molar-refractivity contribution in [3.63, 3.8) is 0 Å². The van der Waals surface area contributed by atoms with Gasteiger partial charge in [-0.15, -0.1) is 10.2 Å². The van der Waals surface area contributed by atoms with E-state index in [9.17, 15) is 0 Å². The molecule has 0 aliphatic rings. The lowest BCUT2D eigenvalue weighted by Gasteiger charge is -2.03. The summed E-state index contributed by atoms with van der Waals surface area (Å²) in [7, 11) is 0. The van der Waals surface area contributed by atoms with Gasteiger partial charge in [-0.2, -0.15) is 0 Å². The van der Waals surface area contributed by atoms with Gasteiger partial charge < -0.3 is 5.73 Å². The quantitative estimate of drug-likeness (QED) is 0.442. The number of fused-ring (bicyclic) bond motifs is 3. The molecule has 0 radical (unpaired) electrons. The van der Waals surface area contributed by atoms with Crippen LogP contribution in [0.4, 0.5) is 5.69 Å². The molecule has 2 aromatic carbocycles. The number of hydrogen-bond donors (Lipinski definition) is 1. The average Bonchev–Trinajstić information content (AvgIpc) is 2.29. The van der Waals surface area contributed by atoms with E-state index in [1.807, 2.05) is 42.5 Å². The number of rotatable bonds is 0. The predicted octanol–water partition coefficient (Wildman–Crippen LogP) is 2.37. The van der Waals surface area contributed by atoms with Crippen molar-refractivity contribution in [1.82, 2.24) is 10.2 Å². The first-order chi connectivity index (χ1) is 7.36. The third-order valence-electron chi connectivity index (χ3n) is 2.51. The van der Waals surface area contributed by atoms with Crippen LogP contribution in [0.2, 0.25) is 0 Å². The Hall–Kier alpha value is -2.16. The molecule has 2 N–H and O–H groups in total. The fraction of sp³-hybridized carbons (Fsp3) is 0. The van der Waals surface area contributed by atoms with E-state index in [4.69, 9.17) is 5.73 Å². The van der Waals surface area contributed by atoms with Crippen molar-refractivity contribution in [3.8, 4) is 0 Å². The zero-order valence-corrected chi connectivity index (χ0v) is 8.01. The minimum absolute atomic E-state index is 0.749. The van der Waals surface area contributed by atoms with Gasteiger partial charge in [0.25, 0.3) is 0 Å². The molecule has 0 aliphatic heterocycles. The summed E-state index contributed by atoms with van der Waals surface area (Å²) in [4.78, 5) is 0. The van der Waals surface area contributed by atoms with E-state index in [2.05, 4.69) is 10.2 Å². The molecule has 0 spiro atoms. The number of nitrogen functional groups attached to an aromatic ring is 1. The van der Waals surface area contributed by atoms with Gasteiger partial charge in [0.1, 0.15) is 0 Å². The number of nitrogens with two attached hydrogens (primary N) is 1. The summed E-state index contributed by atoms with van der Waals surface area (Å²) in [6, 6.07) is 13.6. The molecule has 3 rings (SSSR count). The number of anilines is 1. The molecule has 0 saturated carbocycles. The Bertz CT molecular complexity index is 646. The Labute approximate surface area is 86.5 Å². The largest absolute Gasteiger partial charge is 0.398 e. The second-order valence-corrected chi connectivity index (χ2v) is 3.46. The second-order valence-electron chi connectivity index (χ2n) is 3.46. The molecule has 0 fully saturated rings. The maximum atomic E-state index is 5.95. The summed E-state index contributed by atoms with van der Waals surface area (Å²) in [5, 5.41) is 10.3. The molecule has 1 aromatic heterocycles. The molecule has 3 nitrogen and oxygen atoms in total. The highest BCUT2D eigenvalue weighted by atomic mass is 15.1. The fourth-order valence-electron chi connectivity index (χ4n) is 1.81. The maximum absolute atomic E-state index is 5.95. The Kier molecular flexibility index (Phi) is 1.59. The molecule has 15 heavy (non-hydrogen) atoms. The topological polar surface area (TPSA) is 51.8 Å². The van der Waals surface area contributed by atoms with Crippen LogP contribution in [0.5, 0.6) is 0 Å². The van der Waals surface area contributed by atoms with Crippen LogP contribution in [0.15, 0.2) is 42.5 Å². The van der Waals surface area contributed by atoms with Crippen LogP contribution < -0.4 is 5.73 Å². The molecular formula is C12H9N3. The van der Waals surface area contributed by atoms with Gasteiger partial charge in [-0.3, -0.25) is 0 Å². The van der Waals surface area contributed by atoms with E-state index in [-0.39, 0.29) is 0 Å². The van der Waals surface area contributed by atoms with Crippen LogP contribution in [0, 0.1) is 0 Å². The van der Waals surface area contributed by atoms with Crippen LogP contribution in [0.25, 0.3) is 21.8 Å². The zero-order chi connectivity index (χ0) is 10.3. The monoisotopic (exact) mass is 195 g/mol. The van der Waals surface area contributed by atoms with E-state index in [1.54, 1.807) is 0 Å². The van der Waals surface area contributed by atoms with Gasteiger partial charge in [-0.25, -0.2) is 0 Å². The van der Waals surface area contributed by atoms with Crippen LogP contribution >= 0.6 is 0 Å². The standard InChI is InChI=1S/C12H9N3/c13-9-5-3-7-11-12(9)8-4-1-2-6-10(8)14-15-11/h1-7H,13H2. The van der Waals surface area contributed by atoms with Crippen LogP contribution in [-0.2, 0) is 0 Å². The van der Waals surface area contributed by atoms with E-state index < -0.39 is 0 Å². The van der Waals surface area contributed by atoms with Gasteiger partial charge in [0.15, 0.2) is 0 Å². The molecule has 3 heteroatoms. The highest BCUT2D eigenvalue weighted by Gasteiger charge is 2.04. The third kappa shape index (κ3) is 1.13. The van der Waals surface area contributed by atoms with E-state index in [0.717, 1.165) is 27.5 Å². The van der Waals surface area contributed by atoms with Gasteiger partial charge in [-0.05, 0) is 18.2 Å². The molecule has 0 unspecified atom stereocenters. The SMILES string of the molecule is Nc1cccc2nnc3ccccc3c12. The smallest absolute Gasteiger partial charge is 0.0956 e. The van der Waals surface area contributed by atoms with Gasteiger partial charge in [0.05, 0.1) is 11.0 Å². The minimum atomic E-state index is 0.749. The molecular weight excluding hydrogens is 186 g/mol. The zero-order valence-electron chi connectivity index (χ0n) is 8.01. The van der Waals surface area contributed by atoms with Crippen molar-refractivity contribution in [1.29, 1.82) is 0 Å². The first kappa shape index (κ1) is 8.17. The summed E-state index contributed by atoms with van der Waals surface area (Å²) >= 11 is 0. The van der Waals surface area contributed by atoms with Gasteiger partial charge in [0.2, 0.25) is 0 Å². The molecule has 3 aromatic rings. The minimum Gasteiger partial charge on any atom is -0.398 e. The Morgan fingerprint density at radius 1 is 0.800 bits per heavy atom. The number of benzene rings is 2. The molecule has 72 valence electrons. The molecule has 0 saturated heterocycles. The van der Waals surface area contributed by atoms with Gasteiger partial charge in [-0.1, -0.05) is 24.3 Å². The number of nitrogens with zero attached hydrogens (tertiary/aromatic N) is 2. The van der Waals surface area contributed by atoms with E-state index in [0.29, 0.717) is 0 Å². The van der Waals surface area contributed by atoms with Crippen LogP contribution in [-0.4, -0.2) is 10.2 Å². The lowest BCUT2D eigenvalue weighted by atomic mass is 10.1. The van der Waals surface area contributed by atoms with Crippen molar-refractivity contribution in [2.75, 3.05) is 5.73 Å². The molecule has 0 aliphatic carbocycles. The molecule has 1 heterocycles. The molecule has 0 atom stereocenters. The highest BCUT2D eigenvalue weighted by molar-refractivity contribution is 6.09. The Morgan fingerprint density at radius 2 is 1.53 bits per heavy atom. The highest BCUT2D eigenvalue weighted by Crippen LogP contribution is 2.26. The first-order valence-electron chi connectivity index (χ1n) is 4.76. The van der Waals surface area contributed by atoms with Gasteiger partial charge >= 0.3 is 0 Å². The summed E-state index contributed by atoms with van der Waals surface area (Å²) < 4.78 is 0. The second kappa shape index (κ2) is 2.92. The lowest BCUT2D eigenvalue weighted by Crippen LogP contribution is -1.92. The Balaban J connectivity index is 2.64. The van der Waals surface area contributed by atoms with Crippen molar-refractivity contribution < 1.29 is 0 Å². The average molecular weight is 195 g/mol. The van der Waals surface area contributed by atoms with E-state index in [1.165, 1.54) is 0 Å². The van der Waals surface area contributed by atoms with Crippen molar-refractivity contribution >= 4 is 27.5 Å². The fourth-order valence-corrected chi connectivity index (χ4v) is 1.81. The van der Waals surface area contributed by atoms with Crippen LogP contribution in [0.3, 0.4) is 0 Å². The summed E-state index contributed by atoms with van der Waals surface area (Å²) in [6.07, 6.45) is 0. The molecule has 0 amide bonds. The van der Waals surface area contributed by atoms with Crippen molar-refractivity contribution in [2.24, 2.45) is 0 Å². The Morgan fingerprint density at radius 3 is 2.47 bits per heavy atom. The normalized spacial score (nSPS) is 10.9. The van der Waals surface area contributed by atoms with Gasteiger partial charge in [0, 0.05) is 16.5 Å². The third-order valence-corrected chi connectivity index (χ3v) is 2.51. The lowest BCUT2D eigenvalue weighted by molar-refractivity contribution is 1.12. The number of aromatic nitrogens is 2. The van der Waals surface area contributed by atoms with Crippen molar-refractivity contribution in [2.45, 2.75) is 0 Å².